The van der Waals surface area contributed by atoms with Gasteiger partial charge in [0.1, 0.15) is 5.78 Å². The highest BCUT2D eigenvalue weighted by molar-refractivity contribution is 9.10. The number of pyridine rings is 1. The van der Waals surface area contributed by atoms with E-state index in [1.54, 1.807) is 13.1 Å². The monoisotopic (exact) mass is 324 g/mol. The molecule has 0 saturated carbocycles. The number of hydrogen-bond acceptors (Lipinski definition) is 3. The molecule has 0 radical (unpaired) electrons. The van der Waals surface area contributed by atoms with Crippen molar-refractivity contribution >= 4 is 21.7 Å². The summed E-state index contributed by atoms with van der Waals surface area (Å²) in [5, 5.41) is 0. The number of aromatic nitrogens is 1. The smallest absolute Gasteiger partial charge is 0.131 e. The van der Waals surface area contributed by atoms with Gasteiger partial charge in [0.15, 0.2) is 0 Å². The van der Waals surface area contributed by atoms with Gasteiger partial charge in [0.25, 0.3) is 0 Å². The molecule has 0 spiro atoms. The van der Waals surface area contributed by atoms with Crippen molar-refractivity contribution in [1.29, 1.82) is 0 Å². The van der Waals surface area contributed by atoms with Crippen LogP contribution in [0, 0.1) is 0 Å². The topological polar surface area (TPSA) is 33.2 Å². The Hall–Kier alpha value is -0.740. The number of nitrogens with zero attached hydrogens (tertiary/aromatic N) is 2. The summed E-state index contributed by atoms with van der Waals surface area (Å²) in [6.45, 7) is 3.68. The van der Waals surface area contributed by atoms with Crippen LogP contribution in [0.4, 0.5) is 0 Å². The highest BCUT2D eigenvalue weighted by atomic mass is 79.9. The van der Waals surface area contributed by atoms with E-state index >= 15 is 0 Å². The molecule has 0 N–H and O–H groups in total. The van der Waals surface area contributed by atoms with E-state index in [1.165, 1.54) is 24.8 Å². The maximum atomic E-state index is 11.4. The molecule has 1 aliphatic heterocycles. The van der Waals surface area contributed by atoms with Gasteiger partial charge in [-0.05, 0) is 53.9 Å². The number of carbonyl (C=O) groups excluding carboxylic acids is 1. The van der Waals surface area contributed by atoms with Crippen LogP contribution >= 0.6 is 15.9 Å². The molecule has 0 bridgehead atoms. The minimum Gasteiger partial charge on any atom is -0.300 e. The van der Waals surface area contributed by atoms with Crippen molar-refractivity contribution in [1.82, 2.24) is 9.88 Å². The van der Waals surface area contributed by atoms with Gasteiger partial charge < -0.3 is 0 Å². The molecule has 19 heavy (non-hydrogen) atoms. The van der Waals surface area contributed by atoms with E-state index in [1.807, 2.05) is 6.20 Å². The maximum absolute atomic E-state index is 11.4. The van der Waals surface area contributed by atoms with Crippen LogP contribution in [0.2, 0.25) is 0 Å². The molecular weight excluding hydrogens is 304 g/mol. The number of rotatable bonds is 4. The Morgan fingerprint density at radius 3 is 3.00 bits per heavy atom. The summed E-state index contributed by atoms with van der Waals surface area (Å²) in [6.07, 6.45) is 9.30. The molecule has 0 aliphatic carbocycles. The average molecular weight is 325 g/mol. The summed E-state index contributed by atoms with van der Waals surface area (Å²) in [7, 11) is 0. The first-order valence-corrected chi connectivity index (χ1v) is 7.77. The summed E-state index contributed by atoms with van der Waals surface area (Å²) in [5.74, 6) is 0.296. The minimum atomic E-state index is 0.296. The average Bonchev–Trinajstić information content (AvgIpc) is 2.55. The summed E-state index contributed by atoms with van der Waals surface area (Å²) in [4.78, 5) is 18.1. The summed E-state index contributed by atoms with van der Waals surface area (Å²) >= 11 is 3.46. The van der Waals surface area contributed by atoms with Gasteiger partial charge in [0.05, 0.1) is 0 Å². The molecule has 1 atom stereocenters. The molecule has 1 aliphatic rings. The van der Waals surface area contributed by atoms with Crippen molar-refractivity contribution in [3.05, 3.63) is 28.5 Å². The molecule has 1 fully saturated rings. The summed E-state index contributed by atoms with van der Waals surface area (Å²) < 4.78 is 1.02. The van der Waals surface area contributed by atoms with Crippen molar-refractivity contribution in [2.45, 2.75) is 51.6 Å². The predicted molar refractivity (Wildman–Crippen MR) is 79.9 cm³/mol. The second-order valence-corrected chi connectivity index (χ2v) is 6.31. The van der Waals surface area contributed by atoms with Gasteiger partial charge in [0, 0.05) is 35.9 Å². The molecule has 3 nitrogen and oxygen atoms in total. The minimum absolute atomic E-state index is 0.296. The van der Waals surface area contributed by atoms with Crippen molar-refractivity contribution in [2.75, 3.05) is 6.54 Å². The first kappa shape index (κ1) is 14.7. The lowest BCUT2D eigenvalue weighted by Crippen LogP contribution is -2.35. The molecule has 0 aromatic carbocycles. The van der Waals surface area contributed by atoms with Crippen LogP contribution in [0.1, 0.15) is 44.6 Å². The standard InChI is InChI=1S/C15H21BrN2O/c1-12(19)7-15-5-3-2-4-6-18(15)11-13-8-14(16)10-17-9-13/h8-10,15H,2-7,11H2,1H3. The van der Waals surface area contributed by atoms with Gasteiger partial charge in [-0.25, -0.2) is 0 Å². The second-order valence-electron chi connectivity index (χ2n) is 5.39. The summed E-state index contributed by atoms with van der Waals surface area (Å²) in [5.41, 5.74) is 1.21. The van der Waals surface area contributed by atoms with Crippen molar-refractivity contribution in [2.24, 2.45) is 0 Å². The van der Waals surface area contributed by atoms with Crippen LogP contribution in [0.15, 0.2) is 22.9 Å². The number of likely N-dealkylation sites (tertiary alicyclic amines) is 1. The largest absolute Gasteiger partial charge is 0.300 e. The Morgan fingerprint density at radius 1 is 1.42 bits per heavy atom. The fourth-order valence-electron chi connectivity index (χ4n) is 2.78. The van der Waals surface area contributed by atoms with Gasteiger partial charge in [-0.1, -0.05) is 12.8 Å². The fourth-order valence-corrected chi connectivity index (χ4v) is 3.20. The Balaban J connectivity index is 2.07. The highest BCUT2D eigenvalue weighted by Crippen LogP contribution is 2.22. The van der Waals surface area contributed by atoms with Crippen LogP contribution in [0.5, 0.6) is 0 Å². The van der Waals surface area contributed by atoms with Crippen LogP contribution < -0.4 is 0 Å². The summed E-state index contributed by atoms with van der Waals surface area (Å²) in [6, 6.07) is 2.52. The fraction of sp³-hybridized carbons (Fsp3) is 0.600. The van der Waals surface area contributed by atoms with E-state index < -0.39 is 0 Å². The highest BCUT2D eigenvalue weighted by Gasteiger charge is 2.22. The van der Waals surface area contributed by atoms with Crippen molar-refractivity contribution in [3.8, 4) is 0 Å². The number of hydrogen-bond donors (Lipinski definition) is 0. The molecule has 1 aromatic rings. The molecule has 104 valence electrons. The molecule has 0 amide bonds. The van der Waals surface area contributed by atoms with Gasteiger partial charge >= 0.3 is 0 Å². The zero-order valence-corrected chi connectivity index (χ0v) is 13.0. The molecular formula is C15H21BrN2O. The van der Waals surface area contributed by atoms with E-state index in [9.17, 15) is 4.79 Å². The SMILES string of the molecule is CC(=O)CC1CCCCCN1Cc1cncc(Br)c1. The van der Waals surface area contributed by atoms with Crippen molar-refractivity contribution < 1.29 is 4.79 Å². The van der Waals surface area contributed by atoms with E-state index in [0.717, 1.165) is 24.0 Å². The van der Waals surface area contributed by atoms with Gasteiger partial charge in [0.2, 0.25) is 0 Å². The quantitative estimate of drug-likeness (QED) is 0.848. The van der Waals surface area contributed by atoms with Gasteiger partial charge in [-0.2, -0.15) is 0 Å². The number of halogens is 1. The Morgan fingerprint density at radius 2 is 2.26 bits per heavy atom. The van der Waals surface area contributed by atoms with E-state index in [2.05, 4.69) is 31.9 Å². The lowest BCUT2D eigenvalue weighted by molar-refractivity contribution is -0.118. The maximum Gasteiger partial charge on any atom is 0.131 e. The van der Waals surface area contributed by atoms with E-state index in [-0.39, 0.29) is 0 Å². The van der Waals surface area contributed by atoms with Crippen LogP contribution in [0.25, 0.3) is 0 Å². The van der Waals surface area contributed by atoms with Gasteiger partial charge in [-0.3, -0.25) is 14.7 Å². The van der Waals surface area contributed by atoms with E-state index in [0.29, 0.717) is 18.2 Å². The van der Waals surface area contributed by atoms with Crippen LogP contribution in [-0.2, 0) is 11.3 Å². The van der Waals surface area contributed by atoms with Crippen molar-refractivity contribution in [3.63, 3.8) is 0 Å². The first-order valence-electron chi connectivity index (χ1n) is 6.98. The molecule has 4 heteroatoms. The molecule has 1 aromatic heterocycles. The third-order valence-electron chi connectivity index (χ3n) is 3.67. The zero-order chi connectivity index (χ0) is 13.7. The molecule has 1 saturated heterocycles. The third kappa shape index (κ3) is 4.69. The number of carbonyl (C=O) groups is 1. The second kappa shape index (κ2) is 7.15. The normalized spacial score (nSPS) is 21.1. The van der Waals surface area contributed by atoms with E-state index in [4.69, 9.17) is 0 Å². The lowest BCUT2D eigenvalue weighted by Gasteiger charge is -2.29. The molecule has 2 heterocycles. The Bertz CT molecular complexity index is 436. The molecule has 1 unspecified atom stereocenters. The number of Topliss-reactive ketones (excluding diaryl/α,β-unsaturated/α-hetero) is 1. The first-order chi connectivity index (χ1) is 9.15. The Labute approximate surface area is 123 Å². The number of ketones is 1. The van der Waals surface area contributed by atoms with Crippen LogP contribution in [-0.4, -0.2) is 28.3 Å². The van der Waals surface area contributed by atoms with Gasteiger partial charge in [-0.15, -0.1) is 0 Å². The Kier molecular flexibility index (Phi) is 5.52. The lowest BCUT2D eigenvalue weighted by atomic mass is 10.0. The molecule has 2 rings (SSSR count). The van der Waals surface area contributed by atoms with Crippen LogP contribution in [0.3, 0.4) is 0 Å². The third-order valence-corrected chi connectivity index (χ3v) is 4.10. The zero-order valence-electron chi connectivity index (χ0n) is 11.4. The predicted octanol–water partition coefficient (Wildman–Crippen LogP) is 3.57.